The second-order valence-corrected chi connectivity index (χ2v) is 11.3. The van der Waals surface area contributed by atoms with Crippen LogP contribution in [0.2, 0.25) is 0 Å². The summed E-state index contributed by atoms with van der Waals surface area (Å²) in [6.45, 7) is 8.83. The molecule has 0 saturated carbocycles. The van der Waals surface area contributed by atoms with Crippen LogP contribution < -0.4 is 4.72 Å². The van der Waals surface area contributed by atoms with Crippen molar-refractivity contribution in [1.82, 2.24) is 4.90 Å². The number of carbonyl (C=O) groups excluding carboxylic acids is 1. The normalized spacial score (nSPS) is 14.7. The molecule has 4 rings (SSSR count). The first-order valence-corrected chi connectivity index (χ1v) is 13.7. The molecule has 3 aromatic rings. The molecule has 0 aromatic heterocycles. The standard InChI is InChI=1S/C29H34N2O3S/c1-20-18-21(2)23(4)28(22(20)3)35(33,34)30-27-13-9-8-12-26(27)29(32)31-16-14-25(15-17-31)19-24-10-6-5-7-11-24/h5-13,18,25,30H,14-17,19H2,1-4H3. The number of aryl methyl sites for hydroxylation is 2. The number of amides is 1. The Morgan fingerprint density at radius 3 is 2.09 bits per heavy atom. The lowest BCUT2D eigenvalue weighted by molar-refractivity contribution is 0.0691. The van der Waals surface area contributed by atoms with Crippen molar-refractivity contribution in [2.45, 2.75) is 51.9 Å². The highest BCUT2D eigenvalue weighted by Crippen LogP contribution is 2.30. The van der Waals surface area contributed by atoms with Crippen molar-refractivity contribution >= 4 is 21.6 Å². The molecule has 1 aliphatic rings. The number of benzene rings is 3. The average molecular weight is 491 g/mol. The van der Waals surface area contributed by atoms with Crippen molar-refractivity contribution in [1.29, 1.82) is 0 Å². The van der Waals surface area contributed by atoms with Crippen LogP contribution in [0.5, 0.6) is 0 Å². The predicted molar refractivity (Wildman–Crippen MR) is 141 cm³/mol. The summed E-state index contributed by atoms with van der Waals surface area (Å²) in [4.78, 5) is 15.6. The topological polar surface area (TPSA) is 66.5 Å². The fourth-order valence-corrected chi connectivity index (χ4v) is 6.69. The van der Waals surface area contributed by atoms with Gasteiger partial charge in [0.25, 0.3) is 15.9 Å². The quantitative estimate of drug-likeness (QED) is 0.474. The highest BCUT2D eigenvalue weighted by molar-refractivity contribution is 7.92. The summed E-state index contributed by atoms with van der Waals surface area (Å²) in [5.74, 6) is 0.418. The number of sulfonamides is 1. The van der Waals surface area contributed by atoms with E-state index in [0.29, 0.717) is 35.2 Å². The van der Waals surface area contributed by atoms with Gasteiger partial charge in [-0.2, -0.15) is 0 Å². The molecule has 5 nitrogen and oxygen atoms in total. The minimum absolute atomic E-state index is 0.129. The predicted octanol–water partition coefficient (Wildman–Crippen LogP) is 5.82. The number of carbonyl (C=O) groups is 1. The van der Waals surface area contributed by atoms with E-state index < -0.39 is 10.0 Å². The van der Waals surface area contributed by atoms with Gasteiger partial charge in [-0.1, -0.05) is 48.5 Å². The van der Waals surface area contributed by atoms with Gasteiger partial charge < -0.3 is 4.90 Å². The maximum atomic E-state index is 13.5. The molecular weight excluding hydrogens is 456 g/mol. The Bertz CT molecular complexity index is 1300. The third-order valence-corrected chi connectivity index (χ3v) is 8.88. The first-order valence-electron chi connectivity index (χ1n) is 12.2. The Morgan fingerprint density at radius 1 is 0.886 bits per heavy atom. The third-order valence-electron chi connectivity index (χ3n) is 7.24. The van der Waals surface area contributed by atoms with Crippen molar-refractivity contribution in [3.8, 4) is 0 Å². The molecule has 0 aliphatic carbocycles. The summed E-state index contributed by atoms with van der Waals surface area (Å²) in [7, 11) is -3.87. The smallest absolute Gasteiger partial charge is 0.262 e. The van der Waals surface area contributed by atoms with Gasteiger partial charge in [0.15, 0.2) is 0 Å². The van der Waals surface area contributed by atoms with Crippen molar-refractivity contribution in [2.24, 2.45) is 5.92 Å². The Hall–Kier alpha value is -3.12. The SMILES string of the molecule is Cc1cc(C)c(C)c(S(=O)(=O)Nc2ccccc2C(=O)N2CCC(Cc3ccccc3)CC2)c1C. The number of hydrogen-bond donors (Lipinski definition) is 1. The van der Waals surface area contributed by atoms with Gasteiger partial charge in [-0.25, -0.2) is 8.42 Å². The summed E-state index contributed by atoms with van der Waals surface area (Å²) in [6, 6.07) is 19.4. The molecule has 1 N–H and O–H groups in total. The minimum Gasteiger partial charge on any atom is -0.339 e. The van der Waals surface area contributed by atoms with Gasteiger partial charge in [-0.3, -0.25) is 9.52 Å². The number of likely N-dealkylation sites (tertiary alicyclic amines) is 1. The minimum atomic E-state index is -3.87. The Labute approximate surface area is 209 Å². The van der Waals surface area contributed by atoms with Gasteiger partial charge in [-0.05, 0) is 92.8 Å². The molecule has 1 saturated heterocycles. The second-order valence-electron chi connectivity index (χ2n) is 9.67. The third kappa shape index (κ3) is 5.43. The van der Waals surface area contributed by atoms with Crippen LogP contribution in [-0.4, -0.2) is 32.3 Å². The number of hydrogen-bond acceptors (Lipinski definition) is 3. The van der Waals surface area contributed by atoms with Crippen molar-refractivity contribution in [3.63, 3.8) is 0 Å². The van der Waals surface area contributed by atoms with E-state index in [2.05, 4.69) is 29.0 Å². The van der Waals surface area contributed by atoms with Crippen LogP contribution in [-0.2, 0) is 16.4 Å². The molecule has 1 amide bonds. The van der Waals surface area contributed by atoms with Crippen LogP contribution in [0.3, 0.4) is 0 Å². The fourth-order valence-electron chi connectivity index (χ4n) is 5.00. The summed E-state index contributed by atoms with van der Waals surface area (Å²) in [6.07, 6.45) is 2.90. The van der Waals surface area contributed by atoms with Crippen LogP contribution in [0.25, 0.3) is 0 Å². The lowest BCUT2D eigenvalue weighted by Crippen LogP contribution is -2.39. The van der Waals surface area contributed by atoms with E-state index >= 15 is 0 Å². The molecule has 0 atom stereocenters. The van der Waals surface area contributed by atoms with Crippen LogP contribution in [0, 0.1) is 33.6 Å². The summed E-state index contributed by atoms with van der Waals surface area (Å²) in [5, 5.41) is 0. The van der Waals surface area contributed by atoms with E-state index in [1.165, 1.54) is 5.56 Å². The average Bonchev–Trinajstić information content (AvgIpc) is 2.83. The van der Waals surface area contributed by atoms with Gasteiger partial charge in [0.2, 0.25) is 0 Å². The molecule has 0 radical (unpaired) electrons. The maximum absolute atomic E-state index is 13.5. The van der Waals surface area contributed by atoms with Crippen molar-refractivity contribution in [3.05, 3.63) is 94.0 Å². The molecule has 1 fully saturated rings. The molecule has 1 heterocycles. The maximum Gasteiger partial charge on any atom is 0.262 e. The van der Waals surface area contributed by atoms with E-state index in [0.717, 1.165) is 41.5 Å². The van der Waals surface area contributed by atoms with Crippen LogP contribution in [0.4, 0.5) is 5.69 Å². The Balaban J connectivity index is 1.52. The molecule has 6 heteroatoms. The van der Waals surface area contributed by atoms with Crippen LogP contribution in [0.15, 0.2) is 65.6 Å². The number of rotatable bonds is 6. The number of para-hydroxylation sites is 1. The second kappa shape index (κ2) is 10.2. The zero-order chi connectivity index (χ0) is 25.2. The molecule has 1 aliphatic heterocycles. The van der Waals surface area contributed by atoms with E-state index in [9.17, 15) is 13.2 Å². The molecular formula is C29H34N2O3S. The zero-order valence-corrected chi connectivity index (χ0v) is 21.8. The molecule has 184 valence electrons. The highest BCUT2D eigenvalue weighted by atomic mass is 32.2. The molecule has 0 bridgehead atoms. The van der Waals surface area contributed by atoms with Gasteiger partial charge in [0.05, 0.1) is 16.1 Å². The van der Waals surface area contributed by atoms with Gasteiger partial charge in [-0.15, -0.1) is 0 Å². The number of nitrogens with one attached hydrogen (secondary N) is 1. The van der Waals surface area contributed by atoms with Crippen LogP contribution >= 0.6 is 0 Å². The van der Waals surface area contributed by atoms with E-state index in [1.54, 1.807) is 24.3 Å². The van der Waals surface area contributed by atoms with Crippen LogP contribution in [0.1, 0.15) is 51.0 Å². The highest BCUT2D eigenvalue weighted by Gasteiger charge is 2.28. The van der Waals surface area contributed by atoms with Crippen molar-refractivity contribution in [2.75, 3.05) is 17.8 Å². The molecule has 35 heavy (non-hydrogen) atoms. The lowest BCUT2D eigenvalue weighted by atomic mass is 9.90. The summed E-state index contributed by atoms with van der Waals surface area (Å²) < 4.78 is 29.7. The first kappa shape index (κ1) is 25.0. The number of nitrogens with zero attached hydrogens (tertiary/aromatic N) is 1. The van der Waals surface area contributed by atoms with E-state index in [-0.39, 0.29) is 5.91 Å². The largest absolute Gasteiger partial charge is 0.339 e. The first-order chi connectivity index (χ1) is 16.7. The fraction of sp³-hybridized carbons (Fsp3) is 0.345. The lowest BCUT2D eigenvalue weighted by Gasteiger charge is -2.32. The van der Waals surface area contributed by atoms with Gasteiger partial charge in [0, 0.05) is 13.1 Å². The van der Waals surface area contributed by atoms with E-state index in [4.69, 9.17) is 0 Å². The molecule has 0 unspecified atom stereocenters. The number of anilines is 1. The summed E-state index contributed by atoms with van der Waals surface area (Å²) in [5.41, 5.74) is 5.34. The zero-order valence-electron chi connectivity index (χ0n) is 21.0. The van der Waals surface area contributed by atoms with Gasteiger partial charge >= 0.3 is 0 Å². The number of piperidine rings is 1. The Kier molecular flexibility index (Phi) is 7.31. The molecule has 3 aromatic carbocycles. The Morgan fingerprint density at radius 2 is 1.46 bits per heavy atom. The molecule has 0 spiro atoms. The summed E-state index contributed by atoms with van der Waals surface area (Å²) >= 11 is 0. The van der Waals surface area contributed by atoms with Crippen molar-refractivity contribution < 1.29 is 13.2 Å². The monoisotopic (exact) mass is 490 g/mol. The van der Waals surface area contributed by atoms with E-state index in [1.807, 2.05) is 44.7 Å². The van der Waals surface area contributed by atoms with Gasteiger partial charge in [0.1, 0.15) is 0 Å².